The van der Waals surface area contributed by atoms with E-state index in [-0.39, 0.29) is 5.91 Å². The van der Waals surface area contributed by atoms with Crippen LogP contribution < -0.4 is 5.32 Å². The summed E-state index contributed by atoms with van der Waals surface area (Å²) >= 11 is 0. The van der Waals surface area contributed by atoms with Gasteiger partial charge in [0.15, 0.2) is 0 Å². The van der Waals surface area contributed by atoms with Crippen molar-refractivity contribution in [3.8, 4) is 6.07 Å². The highest BCUT2D eigenvalue weighted by Crippen LogP contribution is 2.38. The van der Waals surface area contributed by atoms with Crippen molar-refractivity contribution < 1.29 is 14.1 Å². The summed E-state index contributed by atoms with van der Waals surface area (Å²) < 4.78 is 12.2. The number of nitrogens with zero attached hydrogens (tertiary/aromatic N) is 1. The van der Waals surface area contributed by atoms with Gasteiger partial charge in [-0.05, 0) is 57.3 Å². The Labute approximate surface area is 150 Å². The first-order chi connectivity index (χ1) is 11.6. The molecule has 0 spiro atoms. The first-order valence-electron chi connectivity index (χ1n) is 8.37. The molecule has 132 valence electrons. The van der Waals surface area contributed by atoms with E-state index in [2.05, 4.69) is 11.4 Å². The maximum Gasteiger partial charge on any atom is 0.492 e. The third-order valence-electron chi connectivity index (χ3n) is 4.77. The quantitative estimate of drug-likeness (QED) is 0.856. The van der Waals surface area contributed by atoms with Gasteiger partial charge in [-0.3, -0.25) is 4.79 Å². The van der Waals surface area contributed by atoms with E-state index in [1.807, 2.05) is 58.9 Å². The minimum Gasteiger partial charge on any atom is -0.400 e. The molecule has 1 heterocycles. The van der Waals surface area contributed by atoms with Crippen LogP contribution in [0.3, 0.4) is 0 Å². The van der Waals surface area contributed by atoms with Crippen LogP contribution in [0.5, 0.6) is 0 Å². The number of nitrogens with one attached hydrogen (secondary N) is 1. The molecule has 0 saturated carbocycles. The number of aryl methyl sites for hydroxylation is 1. The van der Waals surface area contributed by atoms with Crippen molar-refractivity contribution >= 4 is 19.1 Å². The fourth-order valence-corrected chi connectivity index (χ4v) is 2.52. The van der Waals surface area contributed by atoms with Gasteiger partial charge in [-0.15, -0.1) is 0 Å². The monoisotopic (exact) mass is 340 g/mol. The van der Waals surface area contributed by atoms with Crippen LogP contribution in [0, 0.1) is 18.3 Å². The van der Waals surface area contributed by atoms with Crippen LogP contribution in [0.1, 0.15) is 51.3 Å². The summed E-state index contributed by atoms with van der Waals surface area (Å²) in [5.74, 6) is -0.133. The lowest BCUT2D eigenvalue weighted by atomic mass is 9.76. The van der Waals surface area contributed by atoms with Crippen molar-refractivity contribution in [2.24, 2.45) is 0 Å². The van der Waals surface area contributed by atoms with Crippen LogP contribution in [-0.4, -0.2) is 30.8 Å². The maximum atomic E-state index is 11.4. The number of hydrogen-bond acceptors (Lipinski definition) is 4. The molecule has 6 heteroatoms. The third kappa shape index (κ3) is 4.30. The summed E-state index contributed by atoms with van der Waals surface area (Å²) in [6, 6.07) is 7.90. The van der Waals surface area contributed by atoms with Gasteiger partial charge >= 0.3 is 7.12 Å². The zero-order valence-electron chi connectivity index (χ0n) is 15.8. The van der Waals surface area contributed by atoms with Crippen molar-refractivity contribution in [3.63, 3.8) is 0 Å². The Morgan fingerprint density at radius 2 is 1.88 bits per heavy atom. The topological polar surface area (TPSA) is 71.4 Å². The molecule has 0 aliphatic carbocycles. The number of hydrogen-bond donors (Lipinski definition) is 1. The molecule has 1 N–H and O–H groups in total. The number of rotatable bonds is 4. The van der Waals surface area contributed by atoms with Crippen molar-refractivity contribution in [3.05, 3.63) is 40.4 Å². The van der Waals surface area contributed by atoms with Crippen molar-refractivity contribution in [1.82, 2.24) is 5.32 Å². The molecule has 0 radical (unpaired) electrons. The molecule has 1 aromatic rings. The van der Waals surface area contributed by atoms with E-state index in [1.165, 1.54) is 6.92 Å². The standard InChI is InChI=1S/C19H25BN2O3/c1-13-7-8-15(16(9-13)11-21)10-17(12-22-14(2)23)20-24-18(3,4)19(5,6)25-20/h7-10H,12H2,1-6H3,(H,22,23). The van der Waals surface area contributed by atoms with Crippen molar-refractivity contribution in [1.29, 1.82) is 5.26 Å². The Morgan fingerprint density at radius 1 is 1.28 bits per heavy atom. The number of carbonyl (C=O) groups excluding carboxylic acids is 1. The molecule has 1 aliphatic heterocycles. The zero-order chi connectivity index (χ0) is 18.8. The lowest BCUT2D eigenvalue weighted by Crippen LogP contribution is -2.41. The third-order valence-corrected chi connectivity index (χ3v) is 4.77. The Balaban J connectivity index is 2.41. The Hall–Kier alpha value is -2.10. The van der Waals surface area contributed by atoms with Gasteiger partial charge in [0.1, 0.15) is 0 Å². The molecular formula is C19H25BN2O3. The minimum atomic E-state index is -0.579. The summed E-state index contributed by atoms with van der Waals surface area (Å²) in [5.41, 5.74) is 2.21. The van der Waals surface area contributed by atoms with Gasteiger partial charge in [0.05, 0.1) is 22.8 Å². The molecule has 1 fully saturated rings. The van der Waals surface area contributed by atoms with Gasteiger partial charge in [0.25, 0.3) is 0 Å². The van der Waals surface area contributed by atoms with Gasteiger partial charge in [-0.25, -0.2) is 0 Å². The average molecular weight is 340 g/mol. The van der Waals surface area contributed by atoms with E-state index in [0.717, 1.165) is 16.6 Å². The molecule has 0 unspecified atom stereocenters. The lowest BCUT2D eigenvalue weighted by Gasteiger charge is -2.32. The number of benzene rings is 1. The van der Waals surface area contributed by atoms with E-state index in [9.17, 15) is 10.1 Å². The van der Waals surface area contributed by atoms with Crippen LogP contribution in [0.4, 0.5) is 0 Å². The second-order valence-electron chi connectivity index (χ2n) is 7.42. The highest BCUT2D eigenvalue weighted by molar-refractivity contribution is 6.56. The van der Waals surface area contributed by atoms with Crippen LogP contribution in [-0.2, 0) is 14.1 Å². The molecule has 1 aliphatic rings. The Kier molecular flexibility index (Phi) is 5.41. The van der Waals surface area contributed by atoms with E-state index >= 15 is 0 Å². The smallest absolute Gasteiger partial charge is 0.400 e. The second-order valence-corrected chi connectivity index (χ2v) is 7.42. The summed E-state index contributed by atoms with van der Waals surface area (Å²) in [7, 11) is -0.579. The molecule has 1 saturated heterocycles. The molecule has 0 atom stereocenters. The fraction of sp³-hybridized carbons (Fsp3) is 0.474. The number of carbonyl (C=O) groups is 1. The van der Waals surface area contributed by atoms with Crippen molar-refractivity contribution in [2.75, 3.05) is 6.54 Å². The second kappa shape index (κ2) is 7.03. The van der Waals surface area contributed by atoms with Gasteiger partial charge in [0, 0.05) is 13.5 Å². The first-order valence-corrected chi connectivity index (χ1v) is 8.37. The van der Waals surface area contributed by atoms with Gasteiger partial charge in [0.2, 0.25) is 5.91 Å². The summed E-state index contributed by atoms with van der Waals surface area (Å²) in [6.45, 7) is 11.6. The maximum absolute atomic E-state index is 11.4. The summed E-state index contributed by atoms with van der Waals surface area (Å²) in [4.78, 5) is 11.4. The van der Waals surface area contributed by atoms with E-state index in [0.29, 0.717) is 12.1 Å². The highest BCUT2D eigenvalue weighted by Gasteiger charge is 2.52. The van der Waals surface area contributed by atoms with Crippen molar-refractivity contribution in [2.45, 2.75) is 52.7 Å². The molecule has 1 aromatic carbocycles. The van der Waals surface area contributed by atoms with E-state index in [4.69, 9.17) is 9.31 Å². The summed E-state index contributed by atoms with van der Waals surface area (Å²) in [5, 5.41) is 12.2. The van der Waals surface area contributed by atoms with Crippen LogP contribution >= 0.6 is 0 Å². The van der Waals surface area contributed by atoms with E-state index in [1.54, 1.807) is 0 Å². The van der Waals surface area contributed by atoms with Gasteiger partial charge in [-0.2, -0.15) is 5.26 Å². The Bertz CT molecular complexity index is 732. The normalized spacial score (nSPS) is 18.8. The zero-order valence-corrected chi connectivity index (χ0v) is 15.8. The lowest BCUT2D eigenvalue weighted by molar-refractivity contribution is -0.118. The molecule has 5 nitrogen and oxygen atoms in total. The minimum absolute atomic E-state index is 0.133. The van der Waals surface area contributed by atoms with E-state index < -0.39 is 18.3 Å². The molecule has 1 amide bonds. The highest BCUT2D eigenvalue weighted by atomic mass is 16.7. The fourth-order valence-electron chi connectivity index (χ4n) is 2.52. The molecule has 2 rings (SSSR count). The number of amides is 1. The molecular weight excluding hydrogens is 315 g/mol. The van der Waals surface area contributed by atoms with Gasteiger partial charge < -0.3 is 14.6 Å². The van der Waals surface area contributed by atoms with Crippen LogP contribution in [0.25, 0.3) is 6.08 Å². The van der Waals surface area contributed by atoms with Gasteiger partial charge in [-0.1, -0.05) is 18.2 Å². The summed E-state index contributed by atoms with van der Waals surface area (Å²) in [6.07, 6.45) is 1.87. The largest absolute Gasteiger partial charge is 0.492 e. The Morgan fingerprint density at radius 3 is 2.40 bits per heavy atom. The first kappa shape index (κ1) is 19.2. The van der Waals surface area contributed by atoms with Crippen LogP contribution in [0.15, 0.2) is 23.7 Å². The predicted molar refractivity (Wildman–Crippen MR) is 98.6 cm³/mol. The molecule has 25 heavy (non-hydrogen) atoms. The predicted octanol–water partition coefficient (Wildman–Crippen LogP) is 3.02. The SMILES string of the molecule is CC(=O)NCC(=Cc1ccc(C)cc1C#N)B1OC(C)(C)C(C)(C)O1. The number of nitriles is 1. The van der Waals surface area contributed by atoms with Crippen LogP contribution in [0.2, 0.25) is 0 Å². The molecule has 0 aromatic heterocycles. The average Bonchev–Trinajstić information content (AvgIpc) is 2.72. The molecule has 0 bridgehead atoms.